The van der Waals surface area contributed by atoms with Crippen LogP contribution in [-0.2, 0) is 4.79 Å². The molecule has 0 fully saturated rings. The van der Waals surface area contributed by atoms with E-state index in [-0.39, 0.29) is 0 Å². The summed E-state index contributed by atoms with van der Waals surface area (Å²) in [5.41, 5.74) is 0. The van der Waals surface area contributed by atoms with Crippen molar-refractivity contribution in [3.8, 4) is 0 Å². The molecule has 0 heterocycles. The highest BCUT2D eigenvalue weighted by Crippen LogP contribution is 2.15. The fourth-order valence-corrected chi connectivity index (χ4v) is 1.07. The van der Waals surface area contributed by atoms with Gasteiger partial charge in [0.15, 0.2) is 0 Å². The van der Waals surface area contributed by atoms with Gasteiger partial charge in [-0.1, -0.05) is 34.1 Å². The van der Waals surface area contributed by atoms with Gasteiger partial charge in [-0.25, -0.2) is 0 Å². The summed E-state index contributed by atoms with van der Waals surface area (Å²) >= 11 is 0. The Morgan fingerprint density at radius 3 is 2.25 bits per heavy atom. The molecule has 0 saturated carbocycles. The van der Waals surface area contributed by atoms with Gasteiger partial charge in [0.1, 0.15) is 5.78 Å². The zero-order valence-corrected chi connectivity index (χ0v) is 8.89. The summed E-state index contributed by atoms with van der Waals surface area (Å²) in [5.74, 6) is 1.63. The lowest BCUT2D eigenvalue weighted by molar-refractivity contribution is -0.120. The van der Waals surface area contributed by atoms with E-state index >= 15 is 0 Å². The van der Waals surface area contributed by atoms with E-state index in [0.29, 0.717) is 17.6 Å². The molecular weight excluding hydrogens is 148 g/mol. The van der Waals surface area contributed by atoms with Crippen LogP contribution in [0.1, 0.15) is 53.4 Å². The third-order valence-corrected chi connectivity index (χ3v) is 2.50. The zero-order chi connectivity index (χ0) is 9.56. The van der Waals surface area contributed by atoms with E-state index in [0.717, 1.165) is 25.7 Å². The molecule has 0 aliphatic carbocycles. The van der Waals surface area contributed by atoms with Crippen LogP contribution in [0.2, 0.25) is 0 Å². The van der Waals surface area contributed by atoms with Crippen molar-refractivity contribution in [2.45, 2.75) is 53.4 Å². The second-order valence-corrected chi connectivity index (χ2v) is 4.07. The third-order valence-electron chi connectivity index (χ3n) is 2.50. The van der Waals surface area contributed by atoms with Crippen molar-refractivity contribution >= 4 is 5.78 Å². The van der Waals surface area contributed by atoms with E-state index in [4.69, 9.17) is 0 Å². The van der Waals surface area contributed by atoms with Gasteiger partial charge in [0.25, 0.3) is 0 Å². The highest BCUT2D eigenvalue weighted by molar-refractivity contribution is 5.78. The van der Waals surface area contributed by atoms with Crippen LogP contribution < -0.4 is 0 Å². The molecule has 0 radical (unpaired) electrons. The first-order chi connectivity index (χ1) is 5.57. The smallest absolute Gasteiger partial charge is 0.133 e. The molecule has 0 aliphatic heterocycles. The first-order valence-electron chi connectivity index (χ1n) is 5.09. The molecule has 1 atom stereocenters. The van der Waals surface area contributed by atoms with Gasteiger partial charge >= 0.3 is 0 Å². The van der Waals surface area contributed by atoms with Crippen molar-refractivity contribution in [2.24, 2.45) is 11.8 Å². The van der Waals surface area contributed by atoms with Crippen LogP contribution in [0.5, 0.6) is 0 Å². The molecule has 12 heavy (non-hydrogen) atoms. The Bertz CT molecular complexity index is 127. The number of rotatable bonds is 6. The number of unbranched alkanes of at least 4 members (excludes halogenated alkanes) is 1. The fourth-order valence-electron chi connectivity index (χ4n) is 1.07. The predicted octanol–water partition coefficient (Wildman–Crippen LogP) is 3.43. The van der Waals surface area contributed by atoms with Gasteiger partial charge in [0, 0.05) is 12.8 Å². The summed E-state index contributed by atoms with van der Waals surface area (Å²) in [5, 5.41) is 0. The Balaban J connectivity index is 3.54. The molecule has 0 N–H and O–H groups in total. The average Bonchev–Trinajstić information content (AvgIpc) is 2.00. The van der Waals surface area contributed by atoms with Crippen molar-refractivity contribution in [2.75, 3.05) is 0 Å². The molecule has 1 heteroatoms. The number of hydrogen-bond donors (Lipinski definition) is 0. The summed E-state index contributed by atoms with van der Waals surface area (Å²) < 4.78 is 0. The van der Waals surface area contributed by atoms with Gasteiger partial charge in [-0.2, -0.15) is 0 Å². The molecule has 0 bridgehead atoms. The molecule has 72 valence electrons. The lowest BCUT2D eigenvalue weighted by Gasteiger charge is -2.13. The van der Waals surface area contributed by atoms with E-state index in [9.17, 15) is 4.79 Å². The lowest BCUT2D eigenvalue weighted by Crippen LogP contribution is -2.10. The Morgan fingerprint density at radius 2 is 1.83 bits per heavy atom. The number of ketones is 1. The molecule has 0 aromatic heterocycles. The molecular formula is C11H22O. The SMILES string of the molecule is CCCCC(=O)CC(C)C(C)C. The highest BCUT2D eigenvalue weighted by atomic mass is 16.1. The monoisotopic (exact) mass is 170 g/mol. The van der Waals surface area contributed by atoms with E-state index in [1.165, 1.54) is 0 Å². The Morgan fingerprint density at radius 1 is 1.25 bits per heavy atom. The maximum absolute atomic E-state index is 11.3. The molecule has 0 aliphatic rings. The second kappa shape index (κ2) is 6.22. The summed E-state index contributed by atoms with van der Waals surface area (Å²) in [6.07, 6.45) is 3.75. The van der Waals surface area contributed by atoms with E-state index in [1.807, 2.05) is 0 Å². The van der Waals surface area contributed by atoms with Crippen molar-refractivity contribution in [1.82, 2.24) is 0 Å². The Hall–Kier alpha value is -0.330. The molecule has 0 amide bonds. The van der Waals surface area contributed by atoms with Gasteiger partial charge in [-0.05, 0) is 18.3 Å². The summed E-state index contributed by atoms with van der Waals surface area (Å²) in [7, 11) is 0. The topological polar surface area (TPSA) is 17.1 Å². The van der Waals surface area contributed by atoms with Crippen molar-refractivity contribution < 1.29 is 4.79 Å². The summed E-state index contributed by atoms with van der Waals surface area (Å²) in [6.45, 7) is 8.64. The van der Waals surface area contributed by atoms with Crippen molar-refractivity contribution in [3.05, 3.63) is 0 Å². The molecule has 0 rings (SSSR count). The largest absolute Gasteiger partial charge is 0.300 e. The molecule has 1 unspecified atom stereocenters. The third kappa shape index (κ3) is 5.34. The van der Waals surface area contributed by atoms with Gasteiger partial charge in [-0.3, -0.25) is 4.79 Å². The molecule has 0 aromatic rings. The van der Waals surface area contributed by atoms with Crippen LogP contribution in [0.15, 0.2) is 0 Å². The number of carbonyl (C=O) groups excluding carboxylic acids is 1. The molecule has 0 aromatic carbocycles. The van der Waals surface area contributed by atoms with Gasteiger partial charge in [0.05, 0.1) is 0 Å². The average molecular weight is 170 g/mol. The molecule has 1 nitrogen and oxygen atoms in total. The van der Waals surface area contributed by atoms with Crippen LogP contribution in [0, 0.1) is 11.8 Å². The zero-order valence-electron chi connectivity index (χ0n) is 8.89. The Kier molecular flexibility index (Phi) is 6.04. The number of carbonyl (C=O) groups is 1. The number of Topliss-reactive ketones (excluding diaryl/α,β-unsaturated/α-hetero) is 1. The van der Waals surface area contributed by atoms with E-state index in [2.05, 4.69) is 27.7 Å². The van der Waals surface area contributed by atoms with E-state index in [1.54, 1.807) is 0 Å². The van der Waals surface area contributed by atoms with Crippen LogP contribution in [0.25, 0.3) is 0 Å². The first-order valence-corrected chi connectivity index (χ1v) is 5.09. The minimum atomic E-state index is 0.443. The predicted molar refractivity (Wildman–Crippen MR) is 53.2 cm³/mol. The van der Waals surface area contributed by atoms with Crippen molar-refractivity contribution in [3.63, 3.8) is 0 Å². The summed E-state index contributed by atoms with van der Waals surface area (Å²) in [6, 6.07) is 0. The van der Waals surface area contributed by atoms with Gasteiger partial charge < -0.3 is 0 Å². The Labute approximate surface area is 76.6 Å². The quantitative estimate of drug-likeness (QED) is 0.597. The van der Waals surface area contributed by atoms with Crippen LogP contribution in [0.4, 0.5) is 0 Å². The highest BCUT2D eigenvalue weighted by Gasteiger charge is 2.11. The van der Waals surface area contributed by atoms with Gasteiger partial charge in [-0.15, -0.1) is 0 Å². The standard InChI is InChI=1S/C11H22O/c1-5-6-7-11(12)8-10(4)9(2)3/h9-10H,5-8H2,1-4H3. The van der Waals surface area contributed by atoms with Crippen LogP contribution >= 0.6 is 0 Å². The lowest BCUT2D eigenvalue weighted by atomic mass is 9.91. The van der Waals surface area contributed by atoms with Gasteiger partial charge in [0.2, 0.25) is 0 Å². The molecule has 0 spiro atoms. The molecule has 0 saturated heterocycles. The van der Waals surface area contributed by atoms with Crippen LogP contribution in [-0.4, -0.2) is 5.78 Å². The minimum Gasteiger partial charge on any atom is -0.300 e. The maximum atomic E-state index is 11.3. The van der Waals surface area contributed by atoms with Crippen LogP contribution in [0.3, 0.4) is 0 Å². The second-order valence-electron chi connectivity index (χ2n) is 4.07. The minimum absolute atomic E-state index is 0.443. The fraction of sp³-hybridized carbons (Fsp3) is 0.909. The first kappa shape index (κ1) is 11.7. The normalized spacial score (nSPS) is 13.4. The summed E-state index contributed by atoms with van der Waals surface area (Å²) in [4.78, 5) is 11.3. The van der Waals surface area contributed by atoms with E-state index < -0.39 is 0 Å². The van der Waals surface area contributed by atoms with Crippen molar-refractivity contribution in [1.29, 1.82) is 0 Å². The maximum Gasteiger partial charge on any atom is 0.133 e. The number of hydrogen-bond acceptors (Lipinski definition) is 1.